The van der Waals surface area contributed by atoms with Gasteiger partial charge in [-0.05, 0) is 12.1 Å². The second kappa shape index (κ2) is 3.81. The maximum atomic E-state index is 9.31. The van der Waals surface area contributed by atoms with Crippen LogP contribution in [0.2, 0.25) is 0 Å². The van der Waals surface area contributed by atoms with Crippen LogP contribution >= 0.6 is 0 Å². The molecular formula is C9H10InNO. The Kier molecular flexibility index (Phi) is 2.98. The van der Waals surface area contributed by atoms with E-state index in [1.165, 1.54) is 0 Å². The van der Waals surface area contributed by atoms with Crippen LogP contribution in [0.3, 0.4) is 0 Å². The average Bonchev–Trinajstić information content (AvgIpc) is 2.06. The number of para-hydroxylation sites is 1. The number of hydrogen-bond acceptors (Lipinski definition) is 2. The van der Waals surface area contributed by atoms with Gasteiger partial charge in [-0.25, -0.2) is 0 Å². The van der Waals surface area contributed by atoms with Gasteiger partial charge in [0.25, 0.3) is 0 Å². The molecule has 0 aliphatic rings. The molecule has 1 N–H and O–H groups in total. The molecule has 0 amide bonds. The molecule has 12 heavy (non-hydrogen) atoms. The van der Waals surface area contributed by atoms with Crippen LogP contribution in [0.1, 0.15) is 0 Å². The molecule has 0 aliphatic carbocycles. The van der Waals surface area contributed by atoms with E-state index >= 15 is 0 Å². The van der Waals surface area contributed by atoms with E-state index in [-0.39, 0.29) is 31.6 Å². The number of aromatic hydroxyl groups is 1. The minimum absolute atomic E-state index is 0. The third-order valence-corrected chi connectivity index (χ3v) is 1.61. The molecule has 0 unspecified atom stereocenters. The number of fused-ring (bicyclic) bond motifs is 1. The monoisotopic (exact) mass is 263 g/mol. The third-order valence-electron chi connectivity index (χ3n) is 1.61. The summed E-state index contributed by atoms with van der Waals surface area (Å²) in [4.78, 5) is 4.03. The Labute approximate surface area is 89.0 Å². The van der Waals surface area contributed by atoms with Crippen molar-refractivity contribution in [2.24, 2.45) is 0 Å². The summed E-state index contributed by atoms with van der Waals surface area (Å²) in [5.74, 6) is 0.239. The van der Waals surface area contributed by atoms with Gasteiger partial charge in [0, 0.05) is 11.6 Å². The van der Waals surface area contributed by atoms with Crippen molar-refractivity contribution in [1.29, 1.82) is 0 Å². The molecule has 1 aromatic heterocycles. The second-order valence-electron chi connectivity index (χ2n) is 2.35. The van der Waals surface area contributed by atoms with Crippen LogP contribution in [0.25, 0.3) is 10.9 Å². The Bertz CT molecular complexity index is 384. The van der Waals surface area contributed by atoms with E-state index < -0.39 is 0 Å². The number of rotatable bonds is 0. The number of pyridine rings is 1. The molecule has 0 saturated carbocycles. The molecule has 0 aliphatic heterocycles. The molecule has 0 spiro atoms. The van der Waals surface area contributed by atoms with Gasteiger partial charge in [0.05, 0.1) is 0 Å². The standard InChI is InChI=1S/C9H7NO.In.3H/c11-8-5-1-3-7-4-2-6-10-9(7)8;;;;/h1-6,11H;;;;. The predicted molar refractivity (Wildman–Crippen MR) is 53.3 cm³/mol. The molecule has 2 aromatic rings. The molecule has 2 rings (SSSR count). The van der Waals surface area contributed by atoms with Gasteiger partial charge in [-0.3, -0.25) is 4.98 Å². The van der Waals surface area contributed by atoms with Crippen LogP contribution in [-0.4, -0.2) is 35.9 Å². The van der Waals surface area contributed by atoms with Crippen LogP contribution in [0, 0.1) is 0 Å². The summed E-state index contributed by atoms with van der Waals surface area (Å²) in [7, 11) is 0. The summed E-state index contributed by atoms with van der Waals surface area (Å²) in [6.07, 6.45) is 1.67. The van der Waals surface area contributed by atoms with Gasteiger partial charge in [0.15, 0.2) is 0 Å². The van der Waals surface area contributed by atoms with Crippen molar-refractivity contribution in [1.82, 2.24) is 4.98 Å². The minimum atomic E-state index is 0. The molecule has 0 bridgehead atoms. The first-order chi connectivity index (χ1) is 5.38. The van der Waals surface area contributed by atoms with Crippen molar-refractivity contribution in [3.8, 4) is 5.75 Å². The summed E-state index contributed by atoms with van der Waals surface area (Å²) in [6, 6.07) is 9.13. The summed E-state index contributed by atoms with van der Waals surface area (Å²) in [5, 5.41) is 10.3. The fourth-order valence-electron chi connectivity index (χ4n) is 1.09. The van der Waals surface area contributed by atoms with Crippen LogP contribution in [0.15, 0.2) is 36.5 Å². The van der Waals surface area contributed by atoms with Crippen molar-refractivity contribution < 1.29 is 5.11 Å². The molecule has 1 aromatic carbocycles. The number of phenolic OH excluding ortho intramolecular Hbond substituents is 1. The SMILES string of the molecule is Oc1cccc2cccnc12.[InH3]. The van der Waals surface area contributed by atoms with Gasteiger partial charge < -0.3 is 5.11 Å². The molecular weight excluding hydrogens is 253 g/mol. The molecule has 60 valence electrons. The topological polar surface area (TPSA) is 33.1 Å². The Morgan fingerprint density at radius 1 is 1.08 bits per heavy atom. The van der Waals surface area contributed by atoms with E-state index in [0.717, 1.165) is 5.39 Å². The van der Waals surface area contributed by atoms with E-state index in [1.54, 1.807) is 18.3 Å². The Balaban J connectivity index is 0.000000720. The van der Waals surface area contributed by atoms with Crippen molar-refractivity contribution >= 4 is 36.7 Å². The zero-order valence-corrected chi connectivity index (χ0v) is 5.86. The van der Waals surface area contributed by atoms with Gasteiger partial charge in [-0.1, -0.05) is 18.2 Å². The quantitative estimate of drug-likeness (QED) is 0.761. The zero-order valence-electron chi connectivity index (χ0n) is 5.86. The second-order valence-corrected chi connectivity index (χ2v) is 2.35. The van der Waals surface area contributed by atoms with E-state index in [2.05, 4.69) is 4.98 Å². The van der Waals surface area contributed by atoms with Gasteiger partial charge in [-0.15, -0.1) is 0 Å². The first-order valence-corrected chi connectivity index (χ1v) is 3.40. The number of aromatic nitrogens is 1. The molecule has 3 heteroatoms. The predicted octanol–water partition coefficient (Wildman–Crippen LogP) is 0.756. The van der Waals surface area contributed by atoms with Gasteiger partial charge >= 0.3 is 25.8 Å². The van der Waals surface area contributed by atoms with E-state index in [4.69, 9.17) is 0 Å². The number of nitrogens with zero attached hydrogens (tertiary/aromatic N) is 1. The summed E-state index contributed by atoms with van der Waals surface area (Å²) < 4.78 is 0. The molecule has 0 fully saturated rings. The van der Waals surface area contributed by atoms with Crippen LogP contribution in [0.4, 0.5) is 0 Å². The third kappa shape index (κ3) is 1.55. The molecule has 1 heterocycles. The van der Waals surface area contributed by atoms with Crippen molar-refractivity contribution in [3.63, 3.8) is 0 Å². The van der Waals surface area contributed by atoms with Gasteiger partial charge in [0.2, 0.25) is 0 Å². The first kappa shape index (κ1) is 9.39. The van der Waals surface area contributed by atoms with Crippen LogP contribution in [0.5, 0.6) is 5.75 Å². The fourth-order valence-corrected chi connectivity index (χ4v) is 1.09. The molecule has 0 radical (unpaired) electrons. The molecule has 0 saturated heterocycles. The Morgan fingerprint density at radius 2 is 1.83 bits per heavy atom. The number of phenols is 1. The average molecular weight is 263 g/mol. The van der Waals surface area contributed by atoms with Crippen molar-refractivity contribution in [3.05, 3.63) is 36.5 Å². The maximum absolute atomic E-state index is 9.31. The van der Waals surface area contributed by atoms with E-state index in [9.17, 15) is 5.11 Å². The van der Waals surface area contributed by atoms with Gasteiger partial charge in [-0.2, -0.15) is 0 Å². The van der Waals surface area contributed by atoms with Crippen molar-refractivity contribution in [2.75, 3.05) is 0 Å². The Morgan fingerprint density at radius 3 is 2.58 bits per heavy atom. The first-order valence-electron chi connectivity index (χ1n) is 3.40. The summed E-state index contributed by atoms with van der Waals surface area (Å²) >= 11 is 0. The molecule has 0 atom stereocenters. The summed E-state index contributed by atoms with van der Waals surface area (Å²) in [5.41, 5.74) is 0.662. The van der Waals surface area contributed by atoms with E-state index in [1.807, 2.05) is 18.2 Å². The number of benzene rings is 1. The van der Waals surface area contributed by atoms with Gasteiger partial charge in [0.1, 0.15) is 11.3 Å². The van der Waals surface area contributed by atoms with E-state index in [0.29, 0.717) is 5.52 Å². The summed E-state index contributed by atoms with van der Waals surface area (Å²) in [6.45, 7) is 0. The van der Waals surface area contributed by atoms with Crippen molar-refractivity contribution in [2.45, 2.75) is 0 Å². The number of hydrogen-bond donors (Lipinski definition) is 1. The van der Waals surface area contributed by atoms with Crippen LogP contribution < -0.4 is 0 Å². The molecule has 2 nitrogen and oxygen atoms in total. The van der Waals surface area contributed by atoms with Crippen LogP contribution in [-0.2, 0) is 0 Å². The Hall–Kier alpha value is -0.700. The zero-order chi connectivity index (χ0) is 7.68. The fraction of sp³-hybridized carbons (Fsp3) is 0. The normalized spacial score (nSPS) is 9.33.